The Balaban J connectivity index is 2.24. The monoisotopic (exact) mass is 248 g/mol. The van der Waals surface area contributed by atoms with Gasteiger partial charge in [0, 0.05) is 5.02 Å². The minimum atomic E-state index is -0.985. The van der Waals surface area contributed by atoms with Crippen molar-refractivity contribution in [3.05, 3.63) is 59.1 Å². The molecule has 86 valence electrons. The highest BCUT2D eigenvalue weighted by molar-refractivity contribution is 6.30. The van der Waals surface area contributed by atoms with Gasteiger partial charge < -0.3 is 9.84 Å². The summed E-state index contributed by atoms with van der Waals surface area (Å²) in [5.74, 6) is 0.0498. The third kappa shape index (κ3) is 2.98. The van der Waals surface area contributed by atoms with Crippen LogP contribution in [-0.4, -0.2) is 11.1 Å². The van der Waals surface area contributed by atoms with Crippen molar-refractivity contribution in [3.8, 4) is 11.5 Å². The Kier molecular flexibility index (Phi) is 3.30. The predicted molar refractivity (Wildman–Crippen MR) is 64.9 cm³/mol. The summed E-state index contributed by atoms with van der Waals surface area (Å²) in [5, 5.41) is 9.41. The Labute approximate surface area is 103 Å². The summed E-state index contributed by atoms with van der Waals surface area (Å²) in [5.41, 5.74) is 0.185. The molecule has 0 saturated carbocycles. The summed E-state index contributed by atoms with van der Waals surface area (Å²) < 4.78 is 5.50. The highest BCUT2D eigenvalue weighted by atomic mass is 35.5. The number of hydrogen-bond donors (Lipinski definition) is 1. The van der Waals surface area contributed by atoms with Crippen LogP contribution in [0, 0.1) is 0 Å². The molecule has 1 N–H and O–H groups in total. The maximum Gasteiger partial charge on any atom is 0.335 e. The Hall–Kier alpha value is -2.00. The van der Waals surface area contributed by atoms with Gasteiger partial charge in [-0.1, -0.05) is 23.7 Å². The molecule has 3 nitrogen and oxygen atoms in total. The maximum atomic E-state index is 10.8. The Morgan fingerprint density at radius 1 is 1.06 bits per heavy atom. The molecule has 4 heteroatoms. The summed E-state index contributed by atoms with van der Waals surface area (Å²) in [6, 6.07) is 13.2. The average Bonchev–Trinajstić information content (AvgIpc) is 2.29. The van der Waals surface area contributed by atoms with Gasteiger partial charge in [0.1, 0.15) is 11.5 Å². The van der Waals surface area contributed by atoms with E-state index in [2.05, 4.69) is 0 Å². The van der Waals surface area contributed by atoms with Gasteiger partial charge in [0.25, 0.3) is 0 Å². The molecule has 0 unspecified atom stereocenters. The fourth-order valence-electron chi connectivity index (χ4n) is 1.36. The van der Waals surface area contributed by atoms with Crippen molar-refractivity contribution in [2.24, 2.45) is 0 Å². The highest BCUT2D eigenvalue weighted by Gasteiger charge is 2.04. The van der Waals surface area contributed by atoms with Gasteiger partial charge in [-0.2, -0.15) is 0 Å². The summed E-state index contributed by atoms with van der Waals surface area (Å²) in [6.45, 7) is 0. The van der Waals surface area contributed by atoms with E-state index in [1.54, 1.807) is 36.4 Å². The summed E-state index contributed by atoms with van der Waals surface area (Å²) in [6.07, 6.45) is 0. The van der Waals surface area contributed by atoms with Gasteiger partial charge in [0.2, 0.25) is 0 Å². The molecule has 0 atom stereocenters. The zero-order chi connectivity index (χ0) is 12.3. The van der Waals surface area contributed by atoms with Crippen LogP contribution in [0.5, 0.6) is 11.5 Å². The molecule has 0 bridgehead atoms. The zero-order valence-electron chi connectivity index (χ0n) is 8.76. The van der Waals surface area contributed by atoms with Crippen molar-refractivity contribution in [1.82, 2.24) is 0 Å². The van der Waals surface area contributed by atoms with E-state index >= 15 is 0 Å². The van der Waals surface area contributed by atoms with E-state index in [4.69, 9.17) is 21.4 Å². The first-order chi connectivity index (χ1) is 8.15. The maximum absolute atomic E-state index is 10.8. The topological polar surface area (TPSA) is 46.5 Å². The minimum absolute atomic E-state index is 0.185. The van der Waals surface area contributed by atoms with Gasteiger partial charge >= 0.3 is 5.97 Å². The molecule has 0 saturated heterocycles. The molecule has 2 rings (SSSR count). The van der Waals surface area contributed by atoms with Gasteiger partial charge in [0.15, 0.2) is 0 Å². The number of carbonyl (C=O) groups is 1. The van der Waals surface area contributed by atoms with E-state index in [1.807, 2.05) is 0 Å². The van der Waals surface area contributed by atoms with E-state index in [0.29, 0.717) is 16.5 Å². The molecule has 0 radical (unpaired) electrons. The summed E-state index contributed by atoms with van der Waals surface area (Å²) >= 11 is 5.82. The van der Waals surface area contributed by atoms with Crippen LogP contribution in [0.1, 0.15) is 10.4 Å². The van der Waals surface area contributed by atoms with Crippen molar-refractivity contribution in [3.63, 3.8) is 0 Å². The van der Waals surface area contributed by atoms with Crippen molar-refractivity contribution < 1.29 is 14.6 Å². The second-order valence-corrected chi connectivity index (χ2v) is 3.83. The summed E-state index contributed by atoms with van der Waals surface area (Å²) in [4.78, 5) is 10.8. The van der Waals surface area contributed by atoms with Crippen LogP contribution < -0.4 is 4.74 Å². The summed E-state index contributed by atoms with van der Waals surface area (Å²) in [7, 11) is 0. The lowest BCUT2D eigenvalue weighted by Gasteiger charge is -2.06. The van der Waals surface area contributed by atoms with Crippen LogP contribution in [0.15, 0.2) is 48.5 Å². The molecule has 0 aliphatic carbocycles. The molecule has 0 amide bonds. The van der Waals surface area contributed by atoms with Gasteiger partial charge in [-0.3, -0.25) is 0 Å². The molecule has 0 fully saturated rings. The number of benzene rings is 2. The van der Waals surface area contributed by atoms with Crippen LogP contribution >= 0.6 is 11.6 Å². The molecule has 0 aromatic heterocycles. The quantitative estimate of drug-likeness (QED) is 0.898. The third-order valence-electron chi connectivity index (χ3n) is 2.11. The fraction of sp³-hybridized carbons (Fsp3) is 0. The molecule has 0 aliphatic heterocycles. The Morgan fingerprint density at radius 3 is 2.35 bits per heavy atom. The largest absolute Gasteiger partial charge is 0.478 e. The van der Waals surface area contributed by atoms with E-state index < -0.39 is 5.97 Å². The molecule has 2 aromatic rings. The average molecular weight is 249 g/mol. The number of rotatable bonds is 3. The molecule has 0 spiro atoms. The minimum Gasteiger partial charge on any atom is -0.478 e. The van der Waals surface area contributed by atoms with E-state index in [9.17, 15) is 4.79 Å². The van der Waals surface area contributed by atoms with Gasteiger partial charge in [-0.05, 0) is 36.4 Å². The van der Waals surface area contributed by atoms with Gasteiger partial charge in [-0.15, -0.1) is 0 Å². The van der Waals surface area contributed by atoms with Crippen LogP contribution in [0.3, 0.4) is 0 Å². The van der Waals surface area contributed by atoms with E-state index in [-0.39, 0.29) is 5.56 Å². The number of carboxylic acid groups (broad SMARTS) is 1. The number of carboxylic acids is 1. The lowest BCUT2D eigenvalue weighted by atomic mass is 10.2. The zero-order valence-corrected chi connectivity index (χ0v) is 9.52. The van der Waals surface area contributed by atoms with Crippen LogP contribution in [0.25, 0.3) is 0 Å². The van der Waals surface area contributed by atoms with Crippen LogP contribution in [0.2, 0.25) is 5.02 Å². The lowest BCUT2D eigenvalue weighted by molar-refractivity contribution is 0.0696. The van der Waals surface area contributed by atoms with Crippen LogP contribution in [0.4, 0.5) is 0 Å². The first-order valence-corrected chi connectivity index (χ1v) is 5.30. The van der Waals surface area contributed by atoms with Crippen molar-refractivity contribution >= 4 is 17.6 Å². The normalized spacial score (nSPS) is 9.94. The lowest BCUT2D eigenvalue weighted by Crippen LogP contribution is -1.95. The van der Waals surface area contributed by atoms with Crippen molar-refractivity contribution in [2.75, 3.05) is 0 Å². The molecular weight excluding hydrogens is 240 g/mol. The van der Waals surface area contributed by atoms with Crippen molar-refractivity contribution in [2.45, 2.75) is 0 Å². The third-order valence-corrected chi connectivity index (χ3v) is 2.35. The molecule has 0 aliphatic rings. The van der Waals surface area contributed by atoms with E-state index in [1.165, 1.54) is 12.1 Å². The molecule has 0 heterocycles. The smallest absolute Gasteiger partial charge is 0.335 e. The first-order valence-electron chi connectivity index (χ1n) is 4.92. The predicted octanol–water partition coefficient (Wildman–Crippen LogP) is 3.83. The second kappa shape index (κ2) is 4.89. The number of halogens is 1. The number of ether oxygens (including phenoxy) is 1. The fourth-order valence-corrected chi connectivity index (χ4v) is 1.54. The van der Waals surface area contributed by atoms with E-state index in [0.717, 1.165) is 0 Å². The molecule has 2 aromatic carbocycles. The Morgan fingerprint density at radius 2 is 1.71 bits per heavy atom. The standard InChI is InChI=1S/C13H9ClO3/c14-10-4-2-6-12(8-10)17-11-5-1-3-9(7-11)13(15)16/h1-8H,(H,15,16). The second-order valence-electron chi connectivity index (χ2n) is 3.39. The van der Waals surface area contributed by atoms with Gasteiger partial charge in [0.05, 0.1) is 5.56 Å². The number of hydrogen-bond acceptors (Lipinski definition) is 2. The number of aromatic carboxylic acids is 1. The van der Waals surface area contributed by atoms with Gasteiger partial charge in [-0.25, -0.2) is 4.79 Å². The first kappa shape index (κ1) is 11.5. The molecule has 17 heavy (non-hydrogen) atoms. The Bertz CT molecular complexity index is 552. The highest BCUT2D eigenvalue weighted by Crippen LogP contribution is 2.24. The van der Waals surface area contributed by atoms with Crippen molar-refractivity contribution in [1.29, 1.82) is 0 Å². The molecular formula is C13H9ClO3. The van der Waals surface area contributed by atoms with Crippen LogP contribution in [-0.2, 0) is 0 Å². The SMILES string of the molecule is O=C(O)c1cccc(Oc2cccc(Cl)c2)c1.